The van der Waals surface area contributed by atoms with E-state index in [9.17, 15) is 5.11 Å². The summed E-state index contributed by atoms with van der Waals surface area (Å²) in [6, 6.07) is 3.59. The molecule has 4 nitrogen and oxygen atoms in total. The Labute approximate surface area is 95.9 Å². The smallest absolute Gasteiger partial charge is 0.127 e. The lowest BCUT2D eigenvalue weighted by atomic mass is 9.87. The maximum atomic E-state index is 9.46. The molecular formula is C12H19N3O. The van der Waals surface area contributed by atoms with Crippen LogP contribution in [0.2, 0.25) is 0 Å². The number of hydrogen-bond donors (Lipinski definition) is 3. The van der Waals surface area contributed by atoms with Crippen LogP contribution in [-0.4, -0.2) is 23.2 Å². The Morgan fingerprint density at radius 2 is 2.19 bits per heavy atom. The van der Waals surface area contributed by atoms with Crippen molar-refractivity contribution >= 4 is 11.5 Å². The number of aliphatic hydroxyl groups excluding tert-OH is 1. The number of rotatable bonds is 4. The molecule has 1 aliphatic rings. The summed E-state index contributed by atoms with van der Waals surface area (Å²) >= 11 is 0. The quantitative estimate of drug-likeness (QED) is 0.722. The molecule has 0 radical (unpaired) electrons. The van der Waals surface area contributed by atoms with Crippen molar-refractivity contribution in [3.63, 3.8) is 0 Å². The van der Waals surface area contributed by atoms with Crippen LogP contribution in [0, 0.1) is 5.41 Å². The molecule has 0 aliphatic heterocycles. The van der Waals surface area contributed by atoms with Crippen molar-refractivity contribution in [2.75, 3.05) is 24.2 Å². The molecule has 0 bridgehead atoms. The Morgan fingerprint density at radius 3 is 2.81 bits per heavy atom. The van der Waals surface area contributed by atoms with Gasteiger partial charge in [0.1, 0.15) is 5.82 Å². The fourth-order valence-corrected chi connectivity index (χ4v) is 2.34. The van der Waals surface area contributed by atoms with Crippen molar-refractivity contribution in [2.24, 2.45) is 5.41 Å². The summed E-state index contributed by atoms with van der Waals surface area (Å²) in [4.78, 5) is 4.19. The van der Waals surface area contributed by atoms with Crippen molar-refractivity contribution in [3.05, 3.63) is 18.3 Å². The van der Waals surface area contributed by atoms with Gasteiger partial charge in [0, 0.05) is 29.9 Å². The minimum absolute atomic E-state index is 0.0479. The average molecular weight is 221 g/mol. The minimum atomic E-state index is 0.0479. The number of pyridine rings is 1. The molecule has 1 heterocycles. The first-order chi connectivity index (χ1) is 7.74. The third-order valence-electron chi connectivity index (χ3n) is 3.43. The molecule has 4 heteroatoms. The summed E-state index contributed by atoms with van der Waals surface area (Å²) in [6.45, 7) is 1.03. The van der Waals surface area contributed by atoms with Gasteiger partial charge in [0.25, 0.3) is 0 Å². The summed E-state index contributed by atoms with van der Waals surface area (Å²) in [6.07, 6.45) is 6.31. The molecule has 0 amide bonds. The van der Waals surface area contributed by atoms with Gasteiger partial charge in [0.15, 0.2) is 0 Å². The number of hydrogen-bond acceptors (Lipinski definition) is 4. The molecule has 1 aromatic heterocycles. The van der Waals surface area contributed by atoms with E-state index in [4.69, 9.17) is 5.73 Å². The van der Waals surface area contributed by atoms with Crippen LogP contribution in [0.1, 0.15) is 25.7 Å². The van der Waals surface area contributed by atoms with Gasteiger partial charge in [-0.25, -0.2) is 4.98 Å². The molecular weight excluding hydrogens is 202 g/mol. The van der Waals surface area contributed by atoms with Crippen molar-refractivity contribution in [1.82, 2.24) is 4.98 Å². The highest BCUT2D eigenvalue weighted by Gasteiger charge is 2.32. The van der Waals surface area contributed by atoms with Crippen LogP contribution in [-0.2, 0) is 0 Å². The van der Waals surface area contributed by atoms with Crippen molar-refractivity contribution in [1.29, 1.82) is 0 Å². The number of nitrogens with one attached hydrogen (secondary N) is 1. The van der Waals surface area contributed by atoms with E-state index < -0.39 is 0 Å². The van der Waals surface area contributed by atoms with Crippen LogP contribution in [0.15, 0.2) is 18.3 Å². The van der Waals surface area contributed by atoms with Crippen LogP contribution in [0.25, 0.3) is 0 Å². The second kappa shape index (κ2) is 4.70. The SMILES string of the molecule is Nc1ccnc(NCC2(CO)CCCC2)c1. The van der Waals surface area contributed by atoms with Gasteiger partial charge in [-0.15, -0.1) is 0 Å². The molecule has 0 atom stereocenters. The number of nitrogens with zero attached hydrogens (tertiary/aromatic N) is 1. The van der Waals surface area contributed by atoms with Gasteiger partial charge in [0.05, 0.1) is 6.61 Å². The van der Waals surface area contributed by atoms with E-state index >= 15 is 0 Å². The van der Waals surface area contributed by atoms with E-state index in [0.29, 0.717) is 5.69 Å². The molecule has 16 heavy (non-hydrogen) atoms. The fraction of sp³-hybridized carbons (Fsp3) is 0.583. The van der Waals surface area contributed by atoms with Crippen LogP contribution < -0.4 is 11.1 Å². The molecule has 88 valence electrons. The number of nitrogen functional groups attached to an aromatic ring is 1. The number of anilines is 2. The molecule has 4 N–H and O–H groups in total. The van der Waals surface area contributed by atoms with E-state index in [0.717, 1.165) is 25.2 Å². The molecule has 0 unspecified atom stereocenters. The second-order valence-electron chi connectivity index (χ2n) is 4.69. The zero-order valence-electron chi connectivity index (χ0n) is 9.45. The van der Waals surface area contributed by atoms with Gasteiger partial charge in [-0.05, 0) is 18.9 Å². The van der Waals surface area contributed by atoms with Crippen LogP contribution in [0.5, 0.6) is 0 Å². The molecule has 0 spiro atoms. The van der Waals surface area contributed by atoms with Crippen LogP contribution in [0.4, 0.5) is 11.5 Å². The Morgan fingerprint density at radius 1 is 1.44 bits per heavy atom. The fourth-order valence-electron chi connectivity index (χ4n) is 2.34. The molecule has 2 rings (SSSR count). The van der Waals surface area contributed by atoms with Gasteiger partial charge in [-0.3, -0.25) is 0 Å². The number of aromatic nitrogens is 1. The lowest BCUT2D eigenvalue weighted by Gasteiger charge is -2.26. The van der Waals surface area contributed by atoms with Gasteiger partial charge in [-0.2, -0.15) is 0 Å². The number of nitrogens with two attached hydrogens (primary N) is 1. The normalized spacial score (nSPS) is 18.6. The zero-order chi connectivity index (χ0) is 11.4. The maximum absolute atomic E-state index is 9.46. The summed E-state index contributed by atoms with van der Waals surface area (Å²) in [5.74, 6) is 0.791. The molecule has 1 fully saturated rings. The predicted molar refractivity (Wildman–Crippen MR) is 65.1 cm³/mol. The van der Waals surface area contributed by atoms with E-state index in [1.807, 2.05) is 6.07 Å². The molecule has 1 saturated carbocycles. The first-order valence-electron chi connectivity index (χ1n) is 5.80. The van der Waals surface area contributed by atoms with E-state index in [1.165, 1.54) is 12.8 Å². The van der Waals surface area contributed by atoms with Crippen LogP contribution in [0.3, 0.4) is 0 Å². The standard InChI is InChI=1S/C12H19N3O/c13-10-3-6-14-11(7-10)15-8-12(9-16)4-1-2-5-12/h3,6-7,16H,1-2,4-5,8-9H2,(H3,13,14,15). The highest BCUT2D eigenvalue weighted by atomic mass is 16.3. The molecule has 0 saturated heterocycles. The monoisotopic (exact) mass is 221 g/mol. The molecule has 1 aromatic rings. The van der Waals surface area contributed by atoms with Crippen molar-refractivity contribution < 1.29 is 5.11 Å². The molecule has 0 aromatic carbocycles. The van der Waals surface area contributed by atoms with E-state index in [1.54, 1.807) is 12.3 Å². The summed E-state index contributed by atoms with van der Waals surface area (Å²) in [7, 11) is 0. The summed E-state index contributed by atoms with van der Waals surface area (Å²) < 4.78 is 0. The van der Waals surface area contributed by atoms with Gasteiger partial charge in [-0.1, -0.05) is 12.8 Å². The zero-order valence-corrected chi connectivity index (χ0v) is 9.45. The topological polar surface area (TPSA) is 71.2 Å². The number of aliphatic hydroxyl groups is 1. The first-order valence-corrected chi connectivity index (χ1v) is 5.80. The largest absolute Gasteiger partial charge is 0.399 e. The average Bonchev–Trinajstić information content (AvgIpc) is 2.76. The lowest BCUT2D eigenvalue weighted by molar-refractivity contribution is 0.142. The van der Waals surface area contributed by atoms with E-state index in [-0.39, 0.29) is 12.0 Å². The van der Waals surface area contributed by atoms with E-state index in [2.05, 4.69) is 10.3 Å². The van der Waals surface area contributed by atoms with Gasteiger partial charge in [0.2, 0.25) is 0 Å². The third-order valence-corrected chi connectivity index (χ3v) is 3.43. The van der Waals surface area contributed by atoms with Crippen LogP contribution >= 0.6 is 0 Å². The Balaban J connectivity index is 1.95. The predicted octanol–water partition coefficient (Wildman–Crippen LogP) is 1.63. The molecule has 1 aliphatic carbocycles. The summed E-state index contributed by atoms with van der Waals surface area (Å²) in [5.41, 5.74) is 6.44. The van der Waals surface area contributed by atoms with Crippen molar-refractivity contribution in [3.8, 4) is 0 Å². The van der Waals surface area contributed by atoms with Crippen molar-refractivity contribution in [2.45, 2.75) is 25.7 Å². The second-order valence-corrected chi connectivity index (χ2v) is 4.69. The summed E-state index contributed by atoms with van der Waals surface area (Å²) in [5, 5.41) is 12.7. The minimum Gasteiger partial charge on any atom is -0.399 e. The highest BCUT2D eigenvalue weighted by Crippen LogP contribution is 2.37. The lowest BCUT2D eigenvalue weighted by Crippen LogP contribution is -2.30. The van der Waals surface area contributed by atoms with Gasteiger partial charge < -0.3 is 16.2 Å². The maximum Gasteiger partial charge on any atom is 0.127 e. The Bertz CT molecular complexity index is 348. The highest BCUT2D eigenvalue weighted by molar-refractivity contribution is 5.48. The Hall–Kier alpha value is -1.29. The Kier molecular flexibility index (Phi) is 3.29. The third kappa shape index (κ3) is 2.44. The van der Waals surface area contributed by atoms with Gasteiger partial charge >= 0.3 is 0 Å². The first kappa shape index (κ1) is 11.2.